The molecule has 0 aliphatic carbocycles. The van der Waals surface area contributed by atoms with Gasteiger partial charge in [-0.15, -0.1) is 0 Å². The highest BCUT2D eigenvalue weighted by Crippen LogP contribution is 2.27. The van der Waals surface area contributed by atoms with E-state index >= 15 is 0 Å². The molecule has 20 heavy (non-hydrogen) atoms. The van der Waals surface area contributed by atoms with Gasteiger partial charge in [0.1, 0.15) is 6.54 Å². The lowest BCUT2D eigenvalue weighted by Crippen LogP contribution is -2.37. The molecule has 4 nitrogen and oxygen atoms in total. The second kappa shape index (κ2) is 6.55. The summed E-state index contributed by atoms with van der Waals surface area (Å²) in [6.45, 7) is 4.10. The number of hydrogen-bond acceptors (Lipinski definition) is 3. The quantitative estimate of drug-likeness (QED) is 0.797. The Balaban J connectivity index is 2.33. The van der Waals surface area contributed by atoms with Crippen molar-refractivity contribution in [1.82, 2.24) is 0 Å². The number of carbonyl (C=O) groups is 2. The smallest absolute Gasteiger partial charge is 0.326 e. The van der Waals surface area contributed by atoms with E-state index < -0.39 is 0 Å². The first-order valence-corrected chi connectivity index (χ1v) is 7.17. The van der Waals surface area contributed by atoms with Gasteiger partial charge >= 0.3 is 5.97 Å². The lowest BCUT2D eigenvalue weighted by atomic mass is 9.99. The van der Waals surface area contributed by atoms with Gasteiger partial charge < -0.3 is 9.64 Å². The molecule has 108 valence electrons. The number of nitrogens with zero attached hydrogens (tertiary/aromatic N) is 1. The Morgan fingerprint density at radius 2 is 2.05 bits per heavy atom. The van der Waals surface area contributed by atoms with Gasteiger partial charge in [-0.25, -0.2) is 0 Å². The van der Waals surface area contributed by atoms with Crippen molar-refractivity contribution in [3.63, 3.8) is 0 Å². The first kappa shape index (κ1) is 14.6. The van der Waals surface area contributed by atoms with E-state index in [9.17, 15) is 9.59 Å². The number of amides is 1. The van der Waals surface area contributed by atoms with Gasteiger partial charge in [0.2, 0.25) is 5.91 Å². The highest BCUT2D eigenvalue weighted by Gasteiger charge is 2.23. The number of hydrogen-bond donors (Lipinski definition) is 0. The molecule has 0 aromatic heterocycles. The van der Waals surface area contributed by atoms with E-state index in [2.05, 4.69) is 6.07 Å². The zero-order valence-electron chi connectivity index (χ0n) is 12.1. The van der Waals surface area contributed by atoms with Gasteiger partial charge in [0.05, 0.1) is 6.61 Å². The van der Waals surface area contributed by atoms with E-state index in [1.807, 2.05) is 19.1 Å². The van der Waals surface area contributed by atoms with Crippen molar-refractivity contribution >= 4 is 17.6 Å². The molecule has 0 fully saturated rings. The molecular weight excluding hydrogens is 254 g/mol. The number of rotatable bonds is 3. The molecule has 1 aromatic rings. The number of aryl methyl sites for hydroxylation is 2. The second-order valence-electron chi connectivity index (χ2n) is 5.12. The third kappa shape index (κ3) is 3.38. The number of fused-ring (bicyclic) bond motifs is 1. The van der Waals surface area contributed by atoms with Crippen LogP contribution in [-0.4, -0.2) is 25.0 Å². The molecule has 1 aliphatic heterocycles. The van der Waals surface area contributed by atoms with Crippen LogP contribution >= 0.6 is 0 Å². The topological polar surface area (TPSA) is 46.6 Å². The Kier molecular flexibility index (Phi) is 4.77. The predicted molar refractivity (Wildman–Crippen MR) is 77.7 cm³/mol. The van der Waals surface area contributed by atoms with E-state index in [0.717, 1.165) is 36.1 Å². The van der Waals surface area contributed by atoms with Crippen LogP contribution in [0.4, 0.5) is 5.69 Å². The van der Waals surface area contributed by atoms with Crippen LogP contribution in [-0.2, 0) is 20.7 Å². The van der Waals surface area contributed by atoms with Crippen molar-refractivity contribution in [2.45, 2.75) is 39.5 Å². The molecular formula is C16H21NO3. The third-order valence-corrected chi connectivity index (χ3v) is 3.51. The van der Waals surface area contributed by atoms with Gasteiger partial charge in [0.15, 0.2) is 0 Å². The fraction of sp³-hybridized carbons (Fsp3) is 0.500. The average molecular weight is 275 g/mol. The molecule has 2 rings (SSSR count). The minimum Gasteiger partial charge on any atom is -0.465 e. The number of esters is 1. The van der Waals surface area contributed by atoms with Crippen LogP contribution in [0.3, 0.4) is 0 Å². The molecule has 0 atom stereocenters. The Hall–Kier alpha value is -1.84. The average Bonchev–Trinajstić information content (AvgIpc) is 2.41. The van der Waals surface area contributed by atoms with Gasteiger partial charge in [-0.1, -0.05) is 12.1 Å². The summed E-state index contributed by atoms with van der Waals surface area (Å²) in [5.41, 5.74) is 3.08. The molecule has 0 N–H and O–H groups in total. The Labute approximate surface area is 119 Å². The summed E-state index contributed by atoms with van der Waals surface area (Å²) in [5.74, 6) is -0.349. The summed E-state index contributed by atoms with van der Waals surface area (Å²) >= 11 is 0. The Morgan fingerprint density at radius 1 is 1.30 bits per heavy atom. The second-order valence-corrected chi connectivity index (χ2v) is 5.12. The van der Waals surface area contributed by atoms with Crippen LogP contribution in [0.15, 0.2) is 18.2 Å². The van der Waals surface area contributed by atoms with Gasteiger partial charge in [-0.3, -0.25) is 9.59 Å². The molecule has 1 heterocycles. The first-order chi connectivity index (χ1) is 9.61. The van der Waals surface area contributed by atoms with Gasteiger partial charge in [0.25, 0.3) is 0 Å². The van der Waals surface area contributed by atoms with E-state index in [-0.39, 0.29) is 18.4 Å². The van der Waals surface area contributed by atoms with Crippen LogP contribution in [0.25, 0.3) is 0 Å². The van der Waals surface area contributed by atoms with Crippen LogP contribution in [0.2, 0.25) is 0 Å². The zero-order chi connectivity index (χ0) is 14.5. The van der Waals surface area contributed by atoms with Crippen molar-refractivity contribution < 1.29 is 14.3 Å². The van der Waals surface area contributed by atoms with Crippen molar-refractivity contribution in [1.29, 1.82) is 0 Å². The normalized spacial score (nSPS) is 15.3. The minimum atomic E-state index is -0.353. The zero-order valence-corrected chi connectivity index (χ0v) is 12.1. The number of benzene rings is 1. The maximum absolute atomic E-state index is 12.3. The summed E-state index contributed by atoms with van der Waals surface area (Å²) in [6, 6.07) is 6.09. The molecule has 0 bridgehead atoms. The summed E-state index contributed by atoms with van der Waals surface area (Å²) in [5, 5.41) is 0. The van der Waals surface area contributed by atoms with Crippen molar-refractivity contribution in [2.75, 3.05) is 18.1 Å². The largest absolute Gasteiger partial charge is 0.465 e. The first-order valence-electron chi connectivity index (χ1n) is 7.17. The molecule has 0 saturated carbocycles. The summed E-state index contributed by atoms with van der Waals surface area (Å²) in [7, 11) is 0. The lowest BCUT2D eigenvalue weighted by molar-refractivity contribution is -0.142. The highest BCUT2D eigenvalue weighted by molar-refractivity contribution is 5.98. The van der Waals surface area contributed by atoms with Gasteiger partial charge in [-0.05, 0) is 50.3 Å². The van der Waals surface area contributed by atoms with E-state index in [0.29, 0.717) is 13.0 Å². The standard InChI is InChI=1S/C16H21NO3/c1-3-20-16(19)11-17-14-10-12(2)8-9-13(14)6-4-5-7-15(17)18/h8-10H,3-7,11H2,1-2H3. The maximum atomic E-state index is 12.3. The molecule has 1 aromatic carbocycles. The summed E-state index contributed by atoms with van der Waals surface area (Å²) in [4.78, 5) is 25.6. The molecule has 0 spiro atoms. The summed E-state index contributed by atoms with van der Waals surface area (Å²) in [6.07, 6.45) is 3.32. The van der Waals surface area contributed by atoms with Crippen LogP contribution in [0, 0.1) is 6.92 Å². The highest BCUT2D eigenvalue weighted by atomic mass is 16.5. The lowest BCUT2D eigenvalue weighted by Gasteiger charge is -2.27. The fourth-order valence-electron chi connectivity index (χ4n) is 2.51. The van der Waals surface area contributed by atoms with E-state index in [4.69, 9.17) is 4.74 Å². The van der Waals surface area contributed by atoms with Crippen molar-refractivity contribution in [2.24, 2.45) is 0 Å². The SMILES string of the molecule is CCOC(=O)CN1C(=O)CCCCc2ccc(C)cc21. The minimum absolute atomic E-state index is 0.00310. The fourth-order valence-corrected chi connectivity index (χ4v) is 2.51. The predicted octanol–water partition coefficient (Wildman–Crippen LogP) is 2.62. The molecule has 0 radical (unpaired) electrons. The molecule has 1 amide bonds. The number of ether oxygens (including phenoxy) is 1. The maximum Gasteiger partial charge on any atom is 0.326 e. The molecule has 1 aliphatic rings. The van der Waals surface area contributed by atoms with Crippen molar-refractivity contribution in [3.05, 3.63) is 29.3 Å². The number of anilines is 1. The molecule has 0 saturated heterocycles. The van der Waals surface area contributed by atoms with Crippen LogP contribution in [0.1, 0.15) is 37.3 Å². The monoisotopic (exact) mass is 275 g/mol. The molecule has 4 heteroatoms. The van der Waals surface area contributed by atoms with Crippen LogP contribution in [0.5, 0.6) is 0 Å². The van der Waals surface area contributed by atoms with Gasteiger partial charge in [0, 0.05) is 12.1 Å². The Bertz CT molecular complexity index is 510. The van der Waals surface area contributed by atoms with E-state index in [1.165, 1.54) is 0 Å². The third-order valence-electron chi connectivity index (χ3n) is 3.51. The number of carbonyl (C=O) groups excluding carboxylic acids is 2. The Morgan fingerprint density at radius 3 is 2.80 bits per heavy atom. The van der Waals surface area contributed by atoms with Gasteiger partial charge in [-0.2, -0.15) is 0 Å². The van der Waals surface area contributed by atoms with E-state index in [1.54, 1.807) is 11.8 Å². The van der Waals surface area contributed by atoms with Crippen molar-refractivity contribution in [3.8, 4) is 0 Å². The van der Waals surface area contributed by atoms with Crippen LogP contribution < -0.4 is 4.90 Å². The summed E-state index contributed by atoms with van der Waals surface area (Å²) < 4.78 is 4.98. The molecule has 0 unspecified atom stereocenters.